The summed E-state index contributed by atoms with van der Waals surface area (Å²) in [4.78, 5) is 24.5. The Morgan fingerprint density at radius 3 is 2.54 bits per heavy atom. The molecule has 8 nitrogen and oxygen atoms in total. The van der Waals surface area contributed by atoms with Crippen molar-refractivity contribution in [3.8, 4) is 0 Å². The summed E-state index contributed by atoms with van der Waals surface area (Å²) in [5.74, 6) is 0.410. The Bertz CT molecular complexity index is 1190. The summed E-state index contributed by atoms with van der Waals surface area (Å²) in [6.07, 6.45) is 4.23. The fourth-order valence-electron chi connectivity index (χ4n) is 2.60. The molecule has 2 aromatic heterocycles. The summed E-state index contributed by atoms with van der Waals surface area (Å²) in [6, 6.07) is 12.7. The molecule has 9 heteroatoms. The van der Waals surface area contributed by atoms with E-state index in [0.29, 0.717) is 28.1 Å². The number of nitrogens with one attached hydrogen (secondary N) is 2. The van der Waals surface area contributed by atoms with Gasteiger partial charge in [0.15, 0.2) is 0 Å². The van der Waals surface area contributed by atoms with Crippen molar-refractivity contribution in [1.29, 1.82) is 0 Å². The van der Waals surface area contributed by atoms with E-state index in [9.17, 15) is 4.79 Å². The van der Waals surface area contributed by atoms with Crippen LogP contribution in [0.15, 0.2) is 67.6 Å². The molecule has 0 aliphatic heterocycles. The second kappa shape index (κ2) is 7.45. The lowest BCUT2D eigenvalue weighted by Crippen LogP contribution is -2.08. The number of fused-ring (bicyclic) bond motifs is 1. The van der Waals surface area contributed by atoms with Gasteiger partial charge in [-0.1, -0.05) is 24.2 Å². The number of carbonyl (C=O) groups excluding carboxylic acids is 1. The Hall–Kier alpha value is -3.78. The molecule has 0 bridgehead atoms. The van der Waals surface area contributed by atoms with E-state index in [0.717, 1.165) is 11.1 Å². The third-order valence-corrected chi connectivity index (χ3v) is 4.10. The molecular weight excluding hydrogens is 378 g/mol. The number of carbonyl (C=O) groups is 1. The average molecular weight is 392 g/mol. The van der Waals surface area contributed by atoms with Gasteiger partial charge in [0.25, 0.3) is 5.91 Å². The van der Waals surface area contributed by atoms with Crippen LogP contribution in [0.4, 0.5) is 23.3 Å². The highest BCUT2D eigenvalue weighted by atomic mass is 35.5. The molecule has 0 spiro atoms. The van der Waals surface area contributed by atoms with Crippen molar-refractivity contribution in [2.75, 3.05) is 10.6 Å². The van der Waals surface area contributed by atoms with Gasteiger partial charge in [-0.2, -0.15) is 14.8 Å². The lowest BCUT2D eigenvalue weighted by atomic mass is 10.2. The second-order valence-corrected chi connectivity index (χ2v) is 6.20. The van der Waals surface area contributed by atoms with Crippen LogP contribution in [0.1, 0.15) is 4.79 Å². The first kappa shape index (κ1) is 17.6. The van der Waals surface area contributed by atoms with E-state index in [1.807, 2.05) is 24.3 Å². The Morgan fingerprint density at radius 2 is 1.82 bits per heavy atom. The Morgan fingerprint density at radius 1 is 1.07 bits per heavy atom. The summed E-state index contributed by atoms with van der Waals surface area (Å²) >= 11 is 5.99. The molecule has 0 aliphatic rings. The molecule has 0 saturated heterocycles. The van der Waals surface area contributed by atoms with E-state index in [2.05, 4.69) is 37.3 Å². The summed E-state index contributed by atoms with van der Waals surface area (Å²) in [5.41, 5.74) is 2.12. The Kier molecular flexibility index (Phi) is 4.69. The van der Waals surface area contributed by atoms with Gasteiger partial charge < -0.3 is 10.6 Å². The molecule has 2 heterocycles. The van der Waals surface area contributed by atoms with Crippen LogP contribution in [-0.2, 0) is 0 Å². The van der Waals surface area contributed by atoms with Crippen LogP contribution in [0.3, 0.4) is 0 Å². The van der Waals surface area contributed by atoms with Gasteiger partial charge in [-0.15, -0.1) is 0 Å². The van der Waals surface area contributed by atoms with Crippen molar-refractivity contribution < 1.29 is 4.79 Å². The van der Waals surface area contributed by atoms with Crippen LogP contribution in [0.2, 0.25) is 5.02 Å². The SMILES string of the molecule is C=CC(=O)n1ncc2ccc(Nc3ncnc(Nc4cccc(Cl)c4)n3)cc21. The predicted molar refractivity (Wildman–Crippen MR) is 108 cm³/mol. The minimum Gasteiger partial charge on any atom is -0.324 e. The highest BCUT2D eigenvalue weighted by Crippen LogP contribution is 2.22. The van der Waals surface area contributed by atoms with Gasteiger partial charge in [-0.05, 0) is 42.5 Å². The van der Waals surface area contributed by atoms with Crippen LogP contribution in [-0.4, -0.2) is 30.6 Å². The average Bonchev–Trinajstić information content (AvgIpc) is 3.11. The van der Waals surface area contributed by atoms with Crippen molar-refractivity contribution in [2.45, 2.75) is 0 Å². The summed E-state index contributed by atoms with van der Waals surface area (Å²) in [7, 11) is 0. The first-order chi connectivity index (χ1) is 13.6. The zero-order valence-corrected chi connectivity index (χ0v) is 15.3. The molecule has 28 heavy (non-hydrogen) atoms. The number of benzene rings is 2. The van der Waals surface area contributed by atoms with Crippen LogP contribution in [0.5, 0.6) is 0 Å². The number of halogens is 1. The first-order valence-electron chi connectivity index (χ1n) is 8.25. The molecule has 0 unspecified atom stereocenters. The van der Waals surface area contributed by atoms with Gasteiger partial charge in [0.1, 0.15) is 6.33 Å². The number of nitrogens with zero attached hydrogens (tertiary/aromatic N) is 5. The molecule has 0 aliphatic carbocycles. The number of hydrogen-bond acceptors (Lipinski definition) is 7. The number of anilines is 4. The van der Waals surface area contributed by atoms with Gasteiger partial charge in [0.2, 0.25) is 11.9 Å². The molecule has 0 radical (unpaired) electrons. The summed E-state index contributed by atoms with van der Waals surface area (Å²) < 4.78 is 1.28. The van der Waals surface area contributed by atoms with Crippen LogP contribution in [0, 0.1) is 0 Å². The lowest BCUT2D eigenvalue weighted by Gasteiger charge is -2.08. The molecule has 4 rings (SSSR count). The minimum absolute atomic E-state index is 0.305. The van der Waals surface area contributed by atoms with Gasteiger partial charge in [0.05, 0.1) is 11.7 Å². The Balaban J connectivity index is 1.59. The standard InChI is InChI=1S/C19H14ClN7O/c1-2-17(28)27-16-9-15(7-6-12(16)10-23-27)25-19-22-11-21-18(26-19)24-14-5-3-4-13(20)8-14/h2-11H,1H2,(H2,21,22,24,25,26). The fourth-order valence-corrected chi connectivity index (χ4v) is 2.79. The lowest BCUT2D eigenvalue weighted by molar-refractivity contribution is 0.0960. The van der Waals surface area contributed by atoms with E-state index in [1.165, 1.54) is 17.1 Å². The van der Waals surface area contributed by atoms with Crippen LogP contribution >= 0.6 is 11.6 Å². The molecular formula is C19H14ClN7O. The second-order valence-electron chi connectivity index (χ2n) is 5.77. The van der Waals surface area contributed by atoms with Crippen molar-refractivity contribution in [1.82, 2.24) is 24.7 Å². The highest BCUT2D eigenvalue weighted by molar-refractivity contribution is 6.30. The molecule has 0 atom stereocenters. The summed E-state index contributed by atoms with van der Waals surface area (Å²) in [6.45, 7) is 3.49. The van der Waals surface area contributed by atoms with E-state index in [4.69, 9.17) is 11.6 Å². The topological polar surface area (TPSA) is 97.6 Å². The quantitative estimate of drug-likeness (QED) is 0.492. The first-order valence-corrected chi connectivity index (χ1v) is 8.63. The van der Waals surface area contributed by atoms with E-state index < -0.39 is 0 Å². The zero-order valence-electron chi connectivity index (χ0n) is 14.5. The molecule has 2 N–H and O–H groups in total. The highest BCUT2D eigenvalue weighted by Gasteiger charge is 2.09. The van der Waals surface area contributed by atoms with Crippen molar-refractivity contribution in [2.24, 2.45) is 0 Å². The smallest absolute Gasteiger partial charge is 0.270 e. The fraction of sp³-hybridized carbons (Fsp3) is 0. The van der Waals surface area contributed by atoms with E-state index in [1.54, 1.807) is 24.4 Å². The minimum atomic E-state index is -0.305. The molecule has 2 aromatic carbocycles. The van der Waals surface area contributed by atoms with Gasteiger partial charge in [-0.3, -0.25) is 4.79 Å². The normalized spacial score (nSPS) is 10.6. The van der Waals surface area contributed by atoms with Crippen molar-refractivity contribution in [3.63, 3.8) is 0 Å². The number of aromatic nitrogens is 5. The maximum atomic E-state index is 11.9. The molecule has 0 saturated carbocycles. The summed E-state index contributed by atoms with van der Waals surface area (Å²) in [5, 5.41) is 11.7. The van der Waals surface area contributed by atoms with Gasteiger partial charge >= 0.3 is 0 Å². The van der Waals surface area contributed by atoms with Crippen LogP contribution in [0.25, 0.3) is 10.9 Å². The van der Waals surface area contributed by atoms with Crippen LogP contribution < -0.4 is 10.6 Å². The molecule has 0 amide bonds. The molecule has 0 fully saturated rings. The maximum absolute atomic E-state index is 11.9. The zero-order chi connectivity index (χ0) is 19.5. The predicted octanol–water partition coefficient (Wildman–Crippen LogP) is 4.19. The van der Waals surface area contributed by atoms with Gasteiger partial charge in [0, 0.05) is 21.8 Å². The monoisotopic (exact) mass is 391 g/mol. The number of allylic oxidation sites excluding steroid dienone is 1. The third kappa shape index (κ3) is 3.67. The number of hydrogen-bond donors (Lipinski definition) is 2. The van der Waals surface area contributed by atoms with Crippen molar-refractivity contribution >= 4 is 51.7 Å². The van der Waals surface area contributed by atoms with Gasteiger partial charge in [-0.25, -0.2) is 9.97 Å². The third-order valence-electron chi connectivity index (χ3n) is 3.86. The van der Waals surface area contributed by atoms with E-state index >= 15 is 0 Å². The van der Waals surface area contributed by atoms with E-state index in [-0.39, 0.29) is 5.91 Å². The maximum Gasteiger partial charge on any atom is 0.270 e. The number of rotatable bonds is 5. The Labute approximate surface area is 164 Å². The molecule has 4 aromatic rings. The van der Waals surface area contributed by atoms with Crippen molar-refractivity contribution in [3.05, 3.63) is 72.7 Å². The molecule has 138 valence electrons. The largest absolute Gasteiger partial charge is 0.324 e.